The van der Waals surface area contributed by atoms with Crippen molar-refractivity contribution in [1.29, 1.82) is 0 Å². The van der Waals surface area contributed by atoms with E-state index in [1.807, 2.05) is 37.3 Å². The van der Waals surface area contributed by atoms with E-state index in [9.17, 15) is 4.79 Å². The average Bonchev–Trinajstić information content (AvgIpc) is 3.10. The summed E-state index contributed by atoms with van der Waals surface area (Å²) < 4.78 is 13.4. The largest absolute Gasteiger partial charge is 0.497 e. The van der Waals surface area contributed by atoms with Crippen LogP contribution in [0.2, 0.25) is 0 Å². The van der Waals surface area contributed by atoms with Gasteiger partial charge < -0.3 is 19.4 Å². The van der Waals surface area contributed by atoms with Crippen LogP contribution in [0, 0.1) is 0 Å². The number of para-hydroxylation sites is 1. The maximum Gasteiger partial charge on any atom is 0.265 e. The standard InChI is InChI=1S/C25H26N2O3/c1-4-24(30-19-13-11-18(29-3)12-14-19)25(28)26-17-10-15-23-21(16-17)20-8-6-7-9-22(20)27(23)5-2/h6-16,24H,4-5H2,1-3H3,(H,26,28)/t24-/m1/s1. The molecule has 0 saturated heterocycles. The van der Waals surface area contributed by atoms with Gasteiger partial charge in [-0.2, -0.15) is 0 Å². The van der Waals surface area contributed by atoms with E-state index >= 15 is 0 Å². The topological polar surface area (TPSA) is 52.5 Å². The predicted molar refractivity (Wildman–Crippen MR) is 121 cm³/mol. The first-order valence-electron chi connectivity index (χ1n) is 10.3. The molecular formula is C25H26N2O3. The quantitative estimate of drug-likeness (QED) is 0.437. The Morgan fingerprint density at radius 2 is 1.63 bits per heavy atom. The van der Waals surface area contributed by atoms with Crippen LogP contribution >= 0.6 is 0 Å². The van der Waals surface area contributed by atoms with Crippen molar-refractivity contribution in [2.24, 2.45) is 0 Å². The third-order valence-corrected chi connectivity index (χ3v) is 5.36. The molecule has 154 valence electrons. The van der Waals surface area contributed by atoms with Crippen LogP contribution in [0.15, 0.2) is 66.7 Å². The fourth-order valence-corrected chi connectivity index (χ4v) is 3.84. The number of nitrogens with zero attached hydrogens (tertiary/aromatic N) is 1. The molecule has 0 radical (unpaired) electrons. The molecule has 0 aliphatic carbocycles. The molecule has 0 fully saturated rings. The molecule has 4 rings (SSSR count). The number of aromatic nitrogens is 1. The number of benzene rings is 3. The molecule has 0 saturated carbocycles. The van der Waals surface area contributed by atoms with Crippen molar-refractivity contribution < 1.29 is 14.3 Å². The SMILES string of the molecule is CC[C@@H](Oc1ccc(OC)cc1)C(=O)Nc1ccc2c(c1)c1ccccc1n2CC. The van der Waals surface area contributed by atoms with Crippen LogP contribution in [-0.2, 0) is 11.3 Å². The molecule has 1 heterocycles. The number of hydrogen-bond donors (Lipinski definition) is 1. The summed E-state index contributed by atoms with van der Waals surface area (Å²) in [5.74, 6) is 1.23. The lowest BCUT2D eigenvalue weighted by atomic mass is 10.1. The zero-order chi connectivity index (χ0) is 21.1. The molecule has 5 nitrogen and oxygen atoms in total. The number of hydrogen-bond acceptors (Lipinski definition) is 3. The van der Waals surface area contributed by atoms with E-state index in [-0.39, 0.29) is 5.91 Å². The number of anilines is 1. The highest BCUT2D eigenvalue weighted by atomic mass is 16.5. The van der Waals surface area contributed by atoms with Crippen molar-refractivity contribution in [3.05, 3.63) is 66.7 Å². The second-order valence-electron chi connectivity index (χ2n) is 7.17. The van der Waals surface area contributed by atoms with Gasteiger partial charge in [0.25, 0.3) is 5.91 Å². The summed E-state index contributed by atoms with van der Waals surface area (Å²) in [6.07, 6.45) is -0.0130. The van der Waals surface area contributed by atoms with Crippen molar-refractivity contribution in [1.82, 2.24) is 4.57 Å². The first-order chi connectivity index (χ1) is 14.6. The molecule has 30 heavy (non-hydrogen) atoms. The van der Waals surface area contributed by atoms with Gasteiger partial charge in [0.2, 0.25) is 0 Å². The van der Waals surface area contributed by atoms with E-state index in [4.69, 9.17) is 9.47 Å². The van der Waals surface area contributed by atoms with Gasteiger partial charge in [-0.15, -0.1) is 0 Å². The molecule has 0 bridgehead atoms. The maximum absolute atomic E-state index is 12.9. The minimum atomic E-state index is -0.578. The summed E-state index contributed by atoms with van der Waals surface area (Å²) in [7, 11) is 1.62. The lowest BCUT2D eigenvalue weighted by Gasteiger charge is -2.17. The van der Waals surface area contributed by atoms with Crippen LogP contribution in [0.4, 0.5) is 5.69 Å². The lowest BCUT2D eigenvalue weighted by Crippen LogP contribution is -2.32. The highest BCUT2D eigenvalue weighted by Crippen LogP contribution is 2.31. The summed E-state index contributed by atoms with van der Waals surface area (Å²) in [6.45, 7) is 4.97. The van der Waals surface area contributed by atoms with E-state index in [2.05, 4.69) is 41.1 Å². The van der Waals surface area contributed by atoms with Crippen LogP contribution in [0.1, 0.15) is 20.3 Å². The Bertz CT molecular complexity index is 1180. The number of carbonyl (C=O) groups excluding carboxylic acids is 1. The first kappa shape index (κ1) is 19.8. The number of carbonyl (C=O) groups is 1. The second-order valence-corrected chi connectivity index (χ2v) is 7.17. The highest BCUT2D eigenvalue weighted by molar-refractivity contribution is 6.10. The Balaban J connectivity index is 1.57. The van der Waals surface area contributed by atoms with Gasteiger partial charge in [0.15, 0.2) is 6.10 Å². The summed E-state index contributed by atoms with van der Waals surface area (Å²) in [6, 6.07) is 21.7. The van der Waals surface area contributed by atoms with Gasteiger partial charge in [-0.25, -0.2) is 0 Å². The molecule has 0 aliphatic heterocycles. The van der Waals surface area contributed by atoms with Gasteiger partial charge in [-0.05, 0) is 61.9 Å². The van der Waals surface area contributed by atoms with E-state index in [0.717, 1.165) is 23.4 Å². The van der Waals surface area contributed by atoms with Crippen molar-refractivity contribution in [2.45, 2.75) is 32.9 Å². The molecule has 3 aromatic carbocycles. The minimum absolute atomic E-state index is 0.160. The van der Waals surface area contributed by atoms with Crippen LogP contribution in [0.5, 0.6) is 11.5 Å². The number of amides is 1. The van der Waals surface area contributed by atoms with E-state index in [1.54, 1.807) is 19.2 Å². The minimum Gasteiger partial charge on any atom is -0.497 e. The van der Waals surface area contributed by atoms with E-state index < -0.39 is 6.10 Å². The summed E-state index contributed by atoms with van der Waals surface area (Å²) in [4.78, 5) is 12.9. The van der Waals surface area contributed by atoms with Crippen LogP contribution in [0.25, 0.3) is 21.8 Å². The number of ether oxygens (including phenoxy) is 2. The first-order valence-corrected chi connectivity index (χ1v) is 10.3. The Kier molecular flexibility index (Phi) is 5.61. The van der Waals surface area contributed by atoms with Crippen LogP contribution in [0.3, 0.4) is 0 Å². The van der Waals surface area contributed by atoms with Gasteiger partial charge in [-0.1, -0.05) is 25.1 Å². The average molecular weight is 402 g/mol. The monoisotopic (exact) mass is 402 g/mol. The smallest absolute Gasteiger partial charge is 0.265 e. The van der Waals surface area contributed by atoms with Gasteiger partial charge in [0.1, 0.15) is 11.5 Å². The molecule has 0 unspecified atom stereocenters. The van der Waals surface area contributed by atoms with Crippen molar-refractivity contribution in [3.8, 4) is 11.5 Å². The fraction of sp³-hybridized carbons (Fsp3) is 0.240. The fourth-order valence-electron chi connectivity index (χ4n) is 3.84. The molecule has 4 aromatic rings. The van der Waals surface area contributed by atoms with Crippen LogP contribution in [-0.4, -0.2) is 23.7 Å². The number of fused-ring (bicyclic) bond motifs is 3. The van der Waals surface area contributed by atoms with Crippen LogP contribution < -0.4 is 14.8 Å². The number of rotatable bonds is 7. The molecule has 1 aromatic heterocycles. The Morgan fingerprint density at radius 1 is 0.933 bits per heavy atom. The summed E-state index contributed by atoms with van der Waals surface area (Å²) in [5.41, 5.74) is 3.13. The third-order valence-electron chi connectivity index (χ3n) is 5.36. The Morgan fingerprint density at radius 3 is 2.33 bits per heavy atom. The van der Waals surface area contributed by atoms with E-state index in [0.29, 0.717) is 12.2 Å². The molecule has 1 N–H and O–H groups in total. The molecular weight excluding hydrogens is 376 g/mol. The number of nitrogens with one attached hydrogen (secondary N) is 1. The third kappa shape index (κ3) is 3.71. The molecule has 1 atom stereocenters. The molecule has 1 amide bonds. The highest BCUT2D eigenvalue weighted by Gasteiger charge is 2.19. The molecule has 0 aliphatic rings. The van der Waals surface area contributed by atoms with Crippen molar-refractivity contribution in [2.75, 3.05) is 12.4 Å². The number of aryl methyl sites for hydroxylation is 1. The Hall–Kier alpha value is -3.47. The number of methoxy groups -OCH3 is 1. The van der Waals surface area contributed by atoms with Gasteiger partial charge >= 0.3 is 0 Å². The zero-order valence-corrected chi connectivity index (χ0v) is 17.5. The normalized spacial score (nSPS) is 12.1. The summed E-state index contributed by atoms with van der Waals surface area (Å²) in [5, 5.41) is 5.34. The van der Waals surface area contributed by atoms with Gasteiger partial charge in [0, 0.05) is 34.0 Å². The zero-order valence-electron chi connectivity index (χ0n) is 17.5. The molecule has 5 heteroatoms. The van der Waals surface area contributed by atoms with E-state index in [1.165, 1.54) is 16.4 Å². The van der Waals surface area contributed by atoms with Gasteiger partial charge in [0.05, 0.1) is 7.11 Å². The predicted octanol–water partition coefficient (Wildman–Crippen LogP) is 5.62. The van der Waals surface area contributed by atoms with Crippen molar-refractivity contribution >= 4 is 33.4 Å². The summed E-state index contributed by atoms with van der Waals surface area (Å²) >= 11 is 0. The molecule has 0 spiro atoms. The maximum atomic E-state index is 12.9. The second kappa shape index (κ2) is 8.49. The van der Waals surface area contributed by atoms with Crippen molar-refractivity contribution in [3.63, 3.8) is 0 Å². The van der Waals surface area contributed by atoms with Gasteiger partial charge in [-0.3, -0.25) is 4.79 Å². The lowest BCUT2D eigenvalue weighted by molar-refractivity contribution is -0.122. The Labute approximate surface area is 176 Å².